The highest BCUT2D eigenvalue weighted by molar-refractivity contribution is 6.25. The third kappa shape index (κ3) is 3.82. The fourth-order valence-corrected chi connectivity index (χ4v) is 5.50. The fourth-order valence-electron chi connectivity index (χ4n) is 5.50. The van der Waals surface area contributed by atoms with Crippen molar-refractivity contribution in [3.8, 4) is 33.4 Å². The molecular formula is C36H22F2. The first-order valence-electron chi connectivity index (χ1n) is 12.6. The Kier molecular flexibility index (Phi) is 5.26. The van der Waals surface area contributed by atoms with Crippen molar-refractivity contribution in [3.05, 3.63) is 145 Å². The summed E-state index contributed by atoms with van der Waals surface area (Å²) in [5.74, 6) is -0.533. The third-order valence-corrected chi connectivity index (χ3v) is 7.37. The van der Waals surface area contributed by atoms with Gasteiger partial charge in [-0.25, -0.2) is 8.78 Å². The van der Waals surface area contributed by atoms with E-state index in [1.54, 1.807) is 24.3 Å². The molecule has 7 rings (SSSR count). The van der Waals surface area contributed by atoms with Crippen LogP contribution in [0, 0.1) is 11.6 Å². The molecule has 0 atom stereocenters. The lowest BCUT2D eigenvalue weighted by molar-refractivity contribution is 0.627. The minimum Gasteiger partial charge on any atom is -0.207 e. The predicted molar refractivity (Wildman–Crippen MR) is 155 cm³/mol. The average molecular weight is 493 g/mol. The second-order valence-corrected chi connectivity index (χ2v) is 9.66. The Morgan fingerprint density at radius 2 is 0.605 bits per heavy atom. The van der Waals surface area contributed by atoms with Crippen LogP contribution < -0.4 is 0 Å². The molecule has 180 valence electrons. The van der Waals surface area contributed by atoms with E-state index in [1.165, 1.54) is 56.6 Å². The average Bonchev–Trinajstić information content (AvgIpc) is 2.97. The molecule has 0 amide bonds. The highest BCUT2D eigenvalue weighted by Crippen LogP contribution is 2.39. The minimum absolute atomic E-state index is 0.266. The molecule has 0 fully saturated rings. The molecule has 0 bridgehead atoms. The number of rotatable bonds is 3. The van der Waals surface area contributed by atoms with Crippen LogP contribution >= 0.6 is 0 Å². The molecule has 2 heteroatoms. The first kappa shape index (κ1) is 22.4. The maximum atomic E-state index is 13.7. The molecule has 0 N–H and O–H groups in total. The standard InChI is InChI=1S/C36H22F2/c37-29-14-9-23(10-15-29)26-19-27(24-11-16-30(38)17-12-24)21-28(20-26)25-13-18-35-33-7-2-1-5-31(33)32-6-3-4-8-34(32)36(35)22-25/h1-22H. The van der Waals surface area contributed by atoms with Crippen molar-refractivity contribution < 1.29 is 8.78 Å². The predicted octanol–water partition coefficient (Wildman–Crippen LogP) is 10.4. The smallest absolute Gasteiger partial charge is 0.123 e. The molecule has 0 saturated carbocycles. The van der Waals surface area contributed by atoms with Crippen molar-refractivity contribution in [1.29, 1.82) is 0 Å². The van der Waals surface area contributed by atoms with Gasteiger partial charge in [-0.3, -0.25) is 0 Å². The normalized spacial score (nSPS) is 11.4. The van der Waals surface area contributed by atoms with Gasteiger partial charge in [-0.05, 0) is 114 Å². The van der Waals surface area contributed by atoms with Crippen molar-refractivity contribution in [2.75, 3.05) is 0 Å². The van der Waals surface area contributed by atoms with E-state index in [-0.39, 0.29) is 11.6 Å². The number of hydrogen-bond donors (Lipinski definition) is 0. The summed E-state index contributed by atoms with van der Waals surface area (Å²) in [5.41, 5.74) is 5.94. The Hall–Kier alpha value is -4.82. The Morgan fingerprint density at radius 3 is 1.05 bits per heavy atom. The molecule has 0 aliphatic carbocycles. The summed E-state index contributed by atoms with van der Waals surface area (Å²) < 4.78 is 27.4. The van der Waals surface area contributed by atoms with Crippen LogP contribution in [0.25, 0.3) is 65.7 Å². The van der Waals surface area contributed by atoms with Crippen molar-refractivity contribution in [2.24, 2.45) is 0 Å². The molecule has 0 spiro atoms. The molecule has 0 heterocycles. The Balaban J connectivity index is 1.49. The maximum absolute atomic E-state index is 13.7. The molecule has 0 aromatic heterocycles. The largest absolute Gasteiger partial charge is 0.207 e. The lowest BCUT2D eigenvalue weighted by atomic mass is 9.90. The Labute approximate surface area is 219 Å². The van der Waals surface area contributed by atoms with E-state index in [9.17, 15) is 8.78 Å². The quantitative estimate of drug-likeness (QED) is 0.215. The molecule has 0 unspecified atom stereocenters. The van der Waals surface area contributed by atoms with Gasteiger partial charge >= 0.3 is 0 Å². The number of halogens is 2. The van der Waals surface area contributed by atoms with Gasteiger partial charge in [0.05, 0.1) is 0 Å². The zero-order valence-electron chi connectivity index (χ0n) is 20.5. The van der Waals surface area contributed by atoms with Gasteiger partial charge in [-0.1, -0.05) is 84.9 Å². The van der Waals surface area contributed by atoms with E-state index in [1.807, 2.05) is 0 Å². The molecule has 7 aromatic rings. The van der Waals surface area contributed by atoms with E-state index < -0.39 is 0 Å². The van der Waals surface area contributed by atoms with E-state index in [2.05, 4.69) is 84.9 Å². The molecule has 0 aliphatic rings. The van der Waals surface area contributed by atoms with Crippen LogP contribution in [0.5, 0.6) is 0 Å². The van der Waals surface area contributed by atoms with Crippen LogP contribution in [-0.4, -0.2) is 0 Å². The molecular weight excluding hydrogens is 470 g/mol. The van der Waals surface area contributed by atoms with Crippen LogP contribution in [0.2, 0.25) is 0 Å². The third-order valence-electron chi connectivity index (χ3n) is 7.37. The summed E-state index contributed by atoms with van der Waals surface area (Å²) >= 11 is 0. The zero-order chi connectivity index (χ0) is 25.6. The van der Waals surface area contributed by atoms with Gasteiger partial charge in [-0.15, -0.1) is 0 Å². The van der Waals surface area contributed by atoms with Crippen LogP contribution in [0.15, 0.2) is 133 Å². The summed E-state index contributed by atoms with van der Waals surface area (Å²) in [7, 11) is 0. The number of benzene rings is 7. The molecule has 0 saturated heterocycles. The van der Waals surface area contributed by atoms with Crippen LogP contribution in [0.4, 0.5) is 8.78 Å². The second kappa shape index (κ2) is 8.93. The first-order valence-corrected chi connectivity index (χ1v) is 12.6. The van der Waals surface area contributed by atoms with Crippen LogP contribution in [0.1, 0.15) is 0 Å². The fraction of sp³-hybridized carbons (Fsp3) is 0. The molecule has 0 aliphatic heterocycles. The number of hydrogen-bond acceptors (Lipinski definition) is 0. The highest BCUT2D eigenvalue weighted by Gasteiger charge is 2.12. The van der Waals surface area contributed by atoms with Gasteiger partial charge in [-0.2, -0.15) is 0 Å². The Morgan fingerprint density at radius 1 is 0.263 bits per heavy atom. The van der Waals surface area contributed by atoms with E-state index in [0.29, 0.717) is 0 Å². The molecule has 7 aromatic carbocycles. The van der Waals surface area contributed by atoms with Gasteiger partial charge in [0.2, 0.25) is 0 Å². The van der Waals surface area contributed by atoms with Gasteiger partial charge in [0.15, 0.2) is 0 Å². The molecule has 0 nitrogen and oxygen atoms in total. The van der Waals surface area contributed by atoms with Crippen LogP contribution in [-0.2, 0) is 0 Å². The van der Waals surface area contributed by atoms with Gasteiger partial charge in [0, 0.05) is 0 Å². The highest BCUT2D eigenvalue weighted by atomic mass is 19.1. The maximum Gasteiger partial charge on any atom is 0.123 e. The minimum atomic E-state index is -0.266. The molecule has 0 radical (unpaired) electrons. The van der Waals surface area contributed by atoms with Crippen molar-refractivity contribution in [1.82, 2.24) is 0 Å². The summed E-state index contributed by atoms with van der Waals surface area (Å²) in [6.07, 6.45) is 0. The lowest BCUT2D eigenvalue weighted by Gasteiger charge is -2.14. The summed E-state index contributed by atoms with van der Waals surface area (Å²) in [5, 5.41) is 7.36. The Bertz CT molecular complexity index is 1870. The van der Waals surface area contributed by atoms with Gasteiger partial charge < -0.3 is 0 Å². The van der Waals surface area contributed by atoms with Gasteiger partial charge in [0.25, 0.3) is 0 Å². The monoisotopic (exact) mass is 492 g/mol. The van der Waals surface area contributed by atoms with E-state index in [4.69, 9.17) is 0 Å². The second-order valence-electron chi connectivity index (χ2n) is 9.66. The van der Waals surface area contributed by atoms with E-state index >= 15 is 0 Å². The van der Waals surface area contributed by atoms with Gasteiger partial charge in [0.1, 0.15) is 11.6 Å². The lowest BCUT2D eigenvalue weighted by Crippen LogP contribution is -1.88. The SMILES string of the molecule is Fc1ccc(-c2cc(-c3ccc(F)cc3)cc(-c3ccc4c5ccccc5c5ccccc5c4c3)c2)cc1. The summed E-state index contributed by atoms with van der Waals surface area (Å²) in [4.78, 5) is 0. The first-order chi connectivity index (χ1) is 18.6. The van der Waals surface area contributed by atoms with Crippen molar-refractivity contribution in [2.45, 2.75) is 0 Å². The van der Waals surface area contributed by atoms with E-state index in [0.717, 1.165) is 33.4 Å². The number of fused-ring (bicyclic) bond motifs is 6. The topological polar surface area (TPSA) is 0 Å². The summed E-state index contributed by atoms with van der Waals surface area (Å²) in [6.45, 7) is 0. The van der Waals surface area contributed by atoms with Crippen LogP contribution in [0.3, 0.4) is 0 Å². The summed E-state index contributed by atoms with van der Waals surface area (Å²) in [6, 6.07) is 43.2. The van der Waals surface area contributed by atoms with Crippen molar-refractivity contribution in [3.63, 3.8) is 0 Å². The molecule has 38 heavy (non-hydrogen) atoms. The van der Waals surface area contributed by atoms with Crippen molar-refractivity contribution >= 4 is 32.3 Å². The zero-order valence-corrected chi connectivity index (χ0v) is 20.5.